The molecule has 0 radical (unpaired) electrons. The number of carbonyl (C=O) groups excluding carboxylic acids is 2. The molecule has 0 spiro atoms. The Hall–Kier alpha value is -2.64. The van der Waals surface area contributed by atoms with Crippen LogP contribution in [0.3, 0.4) is 0 Å². The molecule has 1 aromatic rings. The maximum absolute atomic E-state index is 13.7. The first-order chi connectivity index (χ1) is 15.5. The molecule has 7 nitrogen and oxygen atoms in total. The molecule has 0 bridgehead atoms. The molecule has 1 atom stereocenters. The molecule has 1 unspecified atom stereocenters. The first-order valence-corrected chi connectivity index (χ1v) is 11.9. The summed E-state index contributed by atoms with van der Waals surface area (Å²) in [5, 5.41) is 9.42. The van der Waals surface area contributed by atoms with E-state index in [0.29, 0.717) is 42.6 Å². The third kappa shape index (κ3) is 6.68. The Labute approximate surface area is 190 Å². The van der Waals surface area contributed by atoms with E-state index in [2.05, 4.69) is 20.9 Å². The van der Waals surface area contributed by atoms with Crippen molar-refractivity contribution >= 4 is 17.8 Å². The quantitative estimate of drug-likeness (QED) is 0.342. The number of nitrogens with zero attached hydrogens (tertiary/aromatic N) is 2. The van der Waals surface area contributed by atoms with Crippen molar-refractivity contribution in [2.24, 2.45) is 10.9 Å². The molecule has 2 fully saturated rings. The van der Waals surface area contributed by atoms with Gasteiger partial charge < -0.3 is 20.9 Å². The van der Waals surface area contributed by atoms with Crippen molar-refractivity contribution in [3.05, 3.63) is 35.1 Å². The van der Waals surface area contributed by atoms with Crippen LogP contribution in [-0.2, 0) is 4.79 Å². The number of halogens is 1. The van der Waals surface area contributed by atoms with Crippen LogP contribution in [0.5, 0.6) is 0 Å². The van der Waals surface area contributed by atoms with Gasteiger partial charge in [-0.15, -0.1) is 0 Å². The Bertz CT molecular complexity index is 823. The van der Waals surface area contributed by atoms with Crippen LogP contribution >= 0.6 is 0 Å². The molecule has 0 aromatic heterocycles. The molecule has 176 valence electrons. The fourth-order valence-corrected chi connectivity index (χ4v) is 4.37. The predicted octanol–water partition coefficient (Wildman–Crippen LogP) is 2.60. The fraction of sp³-hybridized carbons (Fsp3) is 0.625. The van der Waals surface area contributed by atoms with Crippen molar-refractivity contribution in [2.75, 3.05) is 32.7 Å². The normalized spacial score (nSPS) is 19.7. The van der Waals surface area contributed by atoms with Crippen LogP contribution in [0.25, 0.3) is 0 Å². The molecule has 1 saturated heterocycles. The number of hydrogen-bond donors (Lipinski definition) is 3. The van der Waals surface area contributed by atoms with Crippen molar-refractivity contribution in [1.82, 2.24) is 20.9 Å². The number of carbonyl (C=O) groups is 2. The van der Waals surface area contributed by atoms with E-state index < -0.39 is 0 Å². The topological polar surface area (TPSA) is 85.8 Å². The van der Waals surface area contributed by atoms with Crippen molar-refractivity contribution in [1.29, 1.82) is 0 Å². The van der Waals surface area contributed by atoms with E-state index in [-0.39, 0.29) is 23.7 Å². The lowest BCUT2D eigenvalue weighted by molar-refractivity contribution is -0.135. The van der Waals surface area contributed by atoms with Gasteiger partial charge in [0.25, 0.3) is 5.91 Å². The number of hydrogen-bond acceptors (Lipinski definition) is 3. The first-order valence-electron chi connectivity index (χ1n) is 11.9. The molecule has 2 amide bonds. The highest BCUT2D eigenvalue weighted by Crippen LogP contribution is 2.26. The zero-order chi connectivity index (χ0) is 22.9. The maximum Gasteiger partial charge on any atom is 0.251 e. The highest BCUT2D eigenvalue weighted by atomic mass is 19.1. The average molecular weight is 446 g/mol. The second-order valence-electron chi connectivity index (χ2n) is 8.73. The molecule has 3 rings (SSSR count). The van der Waals surface area contributed by atoms with Crippen LogP contribution in [0.2, 0.25) is 0 Å². The second kappa shape index (κ2) is 11.8. The summed E-state index contributed by atoms with van der Waals surface area (Å²) in [6, 6.07) is 4.63. The average Bonchev–Trinajstić information content (AvgIpc) is 3.27. The fourth-order valence-electron chi connectivity index (χ4n) is 4.37. The third-order valence-electron chi connectivity index (χ3n) is 6.24. The van der Waals surface area contributed by atoms with Gasteiger partial charge in [0.05, 0.1) is 6.54 Å². The number of aliphatic imine (C=N–C) groups is 1. The summed E-state index contributed by atoms with van der Waals surface area (Å²) in [4.78, 5) is 31.5. The number of aryl methyl sites for hydroxylation is 1. The second-order valence-corrected chi connectivity index (χ2v) is 8.73. The van der Waals surface area contributed by atoms with E-state index in [1.54, 1.807) is 19.1 Å². The SMILES string of the molecule is CCNC(=NCCNC(=O)c1ccc(C)c(F)c1)NC1CCN(C(=O)C2CCCCC2)C1. The van der Waals surface area contributed by atoms with Crippen LogP contribution in [0.4, 0.5) is 4.39 Å². The zero-order valence-corrected chi connectivity index (χ0v) is 19.3. The monoisotopic (exact) mass is 445 g/mol. The number of rotatable bonds is 7. The predicted molar refractivity (Wildman–Crippen MR) is 124 cm³/mol. The number of benzene rings is 1. The van der Waals surface area contributed by atoms with Gasteiger partial charge in [-0.25, -0.2) is 4.39 Å². The van der Waals surface area contributed by atoms with Gasteiger partial charge in [0.15, 0.2) is 5.96 Å². The lowest BCUT2D eigenvalue weighted by Gasteiger charge is -2.26. The Morgan fingerprint density at radius 3 is 2.66 bits per heavy atom. The molecular weight excluding hydrogens is 409 g/mol. The van der Waals surface area contributed by atoms with Crippen molar-refractivity contribution in [3.63, 3.8) is 0 Å². The molecule has 8 heteroatoms. The third-order valence-corrected chi connectivity index (χ3v) is 6.24. The van der Waals surface area contributed by atoms with E-state index in [1.807, 2.05) is 11.8 Å². The standard InChI is InChI=1S/C24H36FN5O2/c1-3-26-24(28-13-12-27-22(31)19-10-9-17(2)21(25)15-19)29-20-11-14-30(16-20)23(32)18-7-5-4-6-8-18/h9-10,15,18,20H,3-8,11-14,16H2,1-2H3,(H,27,31)(H2,26,28,29). The number of guanidine groups is 1. The van der Waals surface area contributed by atoms with E-state index in [4.69, 9.17) is 0 Å². The number of likely N-dealkylation sites (tertiary alicyclic amines) is 1. The van der Waals surface area contributed by atoms with Gasteiger partial charge in [0.1, 0.15) is 5.82 Å². The van der Waals surface area contributed by atoms with Gasteiger partial charge >= 0.3 is 0 Å². The van der Waals surface area contributed by atoms with Gasteiger partial charge in [-0.2, -0.15) is 0 Å². The lowest BCUT2D eigenvalue weighted by atomic mass is 9.88. The summed E-state index contributed by atoms with van der Waals surface area (Å²) in [6.45, 7) is 6.62. The molecule has 1 aliphatic carbocycles. The number of amides is 2. The Morgan fingerprint density at radius 1 is 1.16 bits per heavy atom. The molecule has 1 heterocycles. The van der Waals surface area contributed by atoms with Gasteiger partial charge in [-0.1, -0.05) is 25.3 Å². The molecular formula is C24H36FN5O2. The van der Waals surface area contributed by atoms with E-state index in [0.717, 1.165) is 32.4 Å². The molecule has 32 heavy (non-hydrogen) atoms. The summed E-state index contributed by atoms with van der Waals surface area (Å²) in [7, 11) is 0. The number of nitrogens with one attached hydrogen (secondary N) is 3. The minimum atomic E-state index is -0.387. The van der Waals surface area contributed by atoms with Gasteiger partial charge in [-0.05, 0) is 50.8 Å². The van der Waals surface area contributed by atoms with Gasteiger partial charge in [0.2, 0.25) is 5.91 Å². The Kier molecular flexibility index (Phi) is 8.88. The van der Waals surface area contributed by atoms with Crippen molar-refractivity contribution in [3.8, 4) is 0 Å². The van der Waals surface area contributed by atoms with Gasteiger partial charge in [0, 0.05) is 43.7 Å². The largest absolute Gasteiger partial charge is 0.357 e. The molecule has 2 aliphatic rings. The molecule has 1 saturated carbocycles. The van der Waals surface area contributed by atoms with Crippen LogP contribution in [0, 0.1) is 18.7 Å². The summed E-state index contributed by atoms with van der Waals surface area (Å²) in [5.74, 6) is 0.493. The zero-order valence-electron chi connectivity index (χ0n) is 19.3. The van der Waals surface area contributed by atoms with Gasteiger partial charge in [-0.3, -0.25) is 14.6 Å². The summed E-state index contributed by atoms with van der Waals surface area (Å²) < 4.78 is 13.7. The highest BCUT2D eigenvalue weighted by molar-refractivity contribution is 5.94. The molecule has 3 N–H and O–H groups in total. The van der Waals surface area contributed by atoms with E-state index >= 15 is 0 Å². The molecule has 1 aliphatic heterocycles. The van der Waals surface area contributed by atoms with E-state index in [9.17, 15) is 14.0 Å². The summed E-state index contributed by atoms with van der Waals surface area (Å²) >= 11 is 0. The maximum atomic E-state index is 13.7. The minimum absolute atomic E-state index is 0.172. The smallest absolute Gasteiger partial charge is 0.251 e. The van der Waals surface area contributed by atoms with Crippen LogP contribution in [0.15, 0.2) is 23.2 Å². The first kappa shape index (κ1) is 24.0. The Morgan fingerprint density at radius 2 is 1.94 bits per heavy atom. The molecule has 1 aromatic carbocycles. The van der Waals surface area contributed by atoms with Crippen LogP contribution in [-0.4, -0.2) is 61.4 Å². The van der Waals surface area contributed by atoms with Crippen molar-refractivity contribution in [2.45, 2.75) is 58.4 Å². The van der Waals surface area contributed by atoms with Crippen LogP contribution < -0.4 is 16.0 Å². The lowest BCUT2D eigenvalue weighted by Crippen LogP contribution is -2.46. The summed E-state index contributed by atoms with van der Waals surface area (Å²) in [6.07, 6.45) is 6.53. The minimum Gasteiger partial charge on any atom is -0.357 e. The van der Waals surface area contributed by atoms with Crippen molar-refractivity contribution < 1.29 is 14.0 Å². The summed E-state index contributed by atoms with van der Waals surface area (Å²) in [5.41, 5.74) is 0.814. The van der Waals surface area contributed by atoms with Crippen LogP contribution in [0.1, 0.15) is 61.4 Å². The highest BCUT2D eigenvalue weighted by Gasteiger charge is 2.31. The Balaban J connectivity index is 1.44. The van der Waals surface area contributed by atoms with E-state index in [1.165, 1.54) is 25.3 Å².